The highest BCUT2D eigenvalue weighted by Gasteiger charge is 2.31. The molecule has 5 rings (SSSR count). The van der Waals surface area contributed by atoms with Crippen LogP contribution in [0.3, 0.4) is 0 Å². The quantitative estimate of drug-likeness (QED) is 0.521. The standard InChI is InChI=1S/C28H31N3O/c1-32-28-15-9-8-14-27(28)31-19-18-30(22-31)25-16-17-29(20-25)21-26(23-10-4-2-5-11-23)24-12-6-3-7-13-24/h2-15,18-19,25-26H,16-17,20-22H2,1H3. The van der Waals surface area contributed by atoms with Crippen LogP contribution in [0, 0.1) is 0 Å². The van der Waals surface area contributed by atoms with E-state index in [4.69, 9.17) is 4.74 Å². The van der Waals surface area contributed by atoms with Gasteiger partial charge in [0.05, 0.1) is 19.5 Å². The summed E-state index contributed by atoms with van der Waals surface area (Å²) in [5.74, 6) is 1.32. The third-order valence-corrected chi connectivity index (χ3v) is 6.71. The van der Waals surface area contributed by atoms with E-state index in [1.165, 1.54) is 17.5 Å². The van der Waals surface area contributed by atoms with Gasteiger partial charge in [-0.1, -0.05) is 72.8 Å². The number of hydrogen-bond donors (Lipinski definition) is 0. The number of anilines is 1. The Bertz CT molecular complexity index is 997. The van der Waals surface area contributed by atoms with E-state index < -0.39 is 0 Å². The fourth-order valence-corrected chi connectivity index (χ4v) is 4.98. The lowest BCUT2D eigenvalue weighted by Gasteiger charge is -2.28. The fraction of sp³-hybridized carbons (Fsp3) is 0.286. The van der Waals surface area contributed by atoms with Gasteiger partial charge in [0.1, 0.15) is 5.75 Å². The molecule has 4 heteroatoms. The Labute approximate surface area is 191 Å². The number of ether oxygens (including phenoxy) is 1. The van der Waals surface area contributed by atoms with Crippen LogP contribution in [0.4, 0.5) is 5.69 Å². The minimum Gasteiger partial charge on any atom is -0.495 e. The molecule has 4 nitrogen and oxygen atoms in total. The van der Waals surface area contributed by atoms with E-state index in [-0.39, 0.29) is 0 Å². The SMILES string of the molecule is COc1ccccc1N1C=CN(C2CCN(CC(c3ccccc3)c3ccccc3)C2)C1. The maximum Gasteiger partial charge on any atom is 0.142 e. The maximum absolute atomic E-state index is 5.56. The van der Waals surface area contributed by atoms with Crippen LogP contribution in [0.1, 0.15) is 23.5 Å². The average Bonchev–Trinajstić information content (AvgIpc) is 3.53. The Morgan fingerprint density at radius 2 is 1.50 bits per heavy atom. The summed E-state index contributed by atoms with van der Waals surface area (Å²) in [6.45, 7) is 4.16. The second-order valence-corrected chi connectivity index (χ2v) is 8.67. The first-order chi connectivity index (χ1) is 15.8. The van der Waals surface area contributed by atoms with Gasteiger partial charge in [0.15, 0.2) is 0 Å². The minimum absolute atomic E-state index is 0.398. The summed E-state index contributed by atoms with van der Waals surface area (Å²) in [4.78, 5) is 7.39. The minimum atomic E-state index is 0.398. The molecule has 2 aliphatic heterocycles. The van der Waals surface area contributed by atoms with Gasteiger partial charge in [-0.3, -0.25) is 0 Å². The molecule has 164 valence electrons. The monoisotopic (exact) mass is 425 g/mol. The van der Waals surface area contributed by atoms with E-state index >= 15 is 0 Å². The molecule has 2 heterocycles. The largest absolute Gasteiger partial charge is 0.495 e. The van der Waals surface area contributed by atoms with Crippen LogP contribution in [0.2, 0.25) is 0 Å². The molecule has 1 saturated heterocycles. The lowest BCUT2D eigenvalue weighted by Crippen LogP contribution is -2.37. The molecule has 0 aliphatic carbocycles. The van der Waals surface area contributed by atoms with Crippen molar-refractivity contribution in [2.75, 3.05) is 38.3 Å². The van der Waals surface area contributed by atoms with E-state index in [0.29, 0.717) is 12.0 Å². The molecule has 0 bridgehead atoms. The zero-order valence-electron chi connectivity index (χ0n) is 18.7. The number of nitrogens with zero attached hydrogens (tertiary/aromatic N) is 3. The third kappa shape index (κ3) is 4.37. The van der Waals surface area contributed by atoms with Crippen molar-refractivity contribution in [1.29, 1.82) is 0 Å². The first kappa shape index (κ1) is 20.7. The highest BCUT2D eigenvalue weighted by molar-refractivity contribution is 5.60. The maximum atomic E-state index is 5.56. The summed E-state index contributed by atoms with van der Waals surface area (Å²) in [6, 6.07) is 30.6. The van der Waals surface area contributed by atoms with Crippen molar-refractivity contribution in [3.8, 4) is 5.75 Å². The molecule has 0 N–H and O–H groups in total. The van der Waals surface area contributed by atoms with Gasteiger partial charge in [0.2, 0.25) is 0 Å². The summed E-state index contributed by atoms with van der Waals surface area (Å²) in [5.41, 5.74) is 3.91. The topological polar surface area (TPSA) is 19.0 Å². The summed E-state index contributed by atoms with van der Waals surface area (Å²) in [6.07, 6.45) is 5.62. The Kier molecular flexibility index (Phi) is 6.13. The van der Waals surface area contributed by atoms with Gasteiger partial charge >= 0.3 is 0 Å². The lowest BCUT2D eigenvalue weighted by atomic mass is 9.91. The summed E-state index contributed by atoms with van der Waals surface area (Å²) < 4.78 is 5.56. The van der Waals surface area contributed by atoms with E-state index in [0.717, 1.165) is 37.7 Å². The van der Waals surface area contributed by atoms with Crippen LogP contribution in [0.15, 0.2) is 97.3 Å². The molecule has 1 fully saturated rings. The van der Waals surface area contributed by atoms with Gasteiger partial charge < -0.3 is 19.4 Å². The molecule has 0 saturated carbocycles. The lowest BCUT2D eigenvalue weighted by molar-refractivity contribution is 0.266. The summed E-state index contributed by atoms with van der Waals surface area (Å²) >= 11 is 0. The van der Waals surface area contributed by atoms with Crippen molar-refractivity contribution in [3.63, 3.8) is 0 Å². The second-order valence-electron chi connectivity index (χ2n) is 8.67. The summed E-state index contributed by atoms with van der Waals surface area (Å²) in [7, 11) is 1.74. The van der Waals surface area contributed by atoms with Crippen molar-refractivity contribution in [2.45, 2.75) is 18.4 Å². The van der Waals surface area contributed by atoms with Gasteiger partial charge in [-0.25, -0.2) is 0 Å². The number of likely N-dealkylation sites (tertiary alicyclic amines) is 1. The van der Waals surface area contributed by atoms with Gasteiger partial charge in [-0.15, -0.1) is 0 Å². The van der Waals surface area contributed by atoms with Crippen molar-refractivity contribution in [1.82, 2.24) is 9.80 Å². The number of rotatable bonds is 7. The molecule has 0 amide bonds. The van der Waals surface area contributed by atoms with Crippen LogP contribution in [0.5, 0.6) is 5.75 Å². The second kappa shape index (κ2) is 9.49. The fourth-order valence-electron chi connectivity index (χ4n) is 4.98. The predicted octanol–water partition coefficient (Wildman–Crippen LogP) is 5.15. The molecule has 0 spiro atoms. The van der Waals surface area contributed by atoms with Crippen molar-refractivity contribution >= 4 is 5.69 Å². The Morgan fingerprint density at radius 1 is 0.844 bits per heavy atom. The molecule has 1 unspecified atom stereocenters. The van der Waals surface area contributed by atoms with Gasteiger partial charge in [-0.05, 0) is 29.7 Å². The van der Waals surface area contributed by atoms with Crippen LogP contribution in [-0.2, 0) is 0 Å². The number of para-hydroxylation sites is 2. The molecule has 0 aromatic heterocycles. The molecule has 2 aliphatic rings. The highest BCUT2D eigenvalue weighted by atomic mass is 16.5. The highest BCUT2D eigenvalue weighted by Crippen LogP contribution is 2.32. The van der Waals surface area contributed by atoms with Crippen molar-refractivity contribution in [3.05, 3.63) is 108 Å². The van der Waals surface area contributed by atoms with Crippen LogP contribution < -0.4 is 9.64 Å². The summed E-state index contributed by atoms with van der Waals surface area (Å²) in [5, 5.41) is 0. The molecule has 3 aromatic rings. The first-order valence-corrected chi connectivity index (χ1v) is 11.5. The van der Waals surface area contributed by atoms with Gasteiger partial charge in [-0.2, -0.15) is 0 Å². The van der Waals surface area contributed by atoms with Crippen molar-refractivity contribution < 1.29 is 4.74 Å². The Hall–Kier alpha value is -3.24. The smallest absolute Gasteiger partial charge is 0.142 e. The number of hydrogen-bond acceptors (Lipinski definition) is 4. The third-order valence-electron chi connectivity index (χ3n) is 6.71. The Balaban J connectivity index is 1.25. The van der Waals surface area contributed by atoms with E-state index in [9.17, 15) is 0 Å². The molecule has 0 radical (unpaired) electrons. The molecular weight excluding hydrogens is 394 g/mol. The zero-order chi connectivity index (χ0) is 21.8. The normalized spacial score (nSPS) is 18.6. The van der Waals surface area contributed by atoms with Crippen LogP contribution in [0.25, 0.3) is 0 Å². The van der Waals surface area contributed by atoms with E-state index in [1.807, 2.05) is 12.1 Å². The van der Waals surface area contributed by atoms with E-state index in [2.05, 4.69) is 99.9 Å². The Morgan fingerprint density at radius 3 is 2.19 bits per heavy atom. The predicted molar refractivity (Wildman–Crippen MR) is 131 cm³/mol. The number of methoxy groups -OCH3 is 1. The average molecular weight is 426 g/mol. The molecule has 3 aromatic carbocycles. The number of benzene rings is 3. The van der Waals surface area contributed by atoms with Crippen LogP contribution in [-0.4, -0.2) is 49.3 Å². The molecule has 32 heavy (non-hydrogen) atoms. The molecular formula is C28H31N3O. The van der Waals surface area contributed by atoms with Crippen LogP contribution >= 0.6 is 0 Å². The van der Waals surface area contributed by atoms with Gasteiger partial charge in [0.25, 0.3) is 0 Å². The first-order valence-electron chi connectivity index (χ1n) is 11.5. The van der Waals surface area contributed by atoms with Gasteiger partial charge in [0, 0.05) is 44.0 Å². The zero-order valence-corrected chi connectivity index (χ0v) is 18.7. The van der Waals surface area contributed by atoms with Crippen molar-refractivity contribution in [2.24, 2.45) is 0 Å². The van der Waals surface area contributed by atoms with E-state index in [1.54, 1.807) is 7.11 Å². The molecule has 1 atom stereocenters.